The fourth-order valence-electron chi connectivity index (χ4n) is 2.27. The molecule has 0 saturated carbocycles. The molecule has 0 unspecified atom stereocenters. The summed E-state index contributed by atoms with van der Waals surface area (Å²) in [6.45, 7) is 2.56. The predicted octanol–water partition coefficient (Wildman–Crippen LogP) is 2.63. The number of benzene rings is 1. The molecule has 0 amide bonds. The first-order valence-corrected chi connectivity index (χ1v) is 7.10. The Kier molecular flexibility index (Phi) is 4.05. The number of aromatic nitrogens is 1. The van der Waals surface area contributed by atoms with Crippen molar-refractivity contribution in [2.24, 2.45) is 4.99 Å². The largest absolute Gasteiger partial charge is 0.492 e. The van der Waals surface area contributed by atoms with Gasteiger partial charge < -0.3 is 14.9 Å². The number of hydrogen-bond donors (Lipinski definition) is 1. The fraction of sp³-hybridized carbons (Fsp3) is 0.200. The Morgan fingerprint density at radius 3 is 2.87 bits per heavy atom. The van der Waals surface area contributed by atoms with Crippen LogP contribution in [0, 0.1) is 10.1 Å². The number of nitrogens with zero attached hydrogens (tertiary/aromatic N) is 4. The highest BCUT2D eigenvalue weighted by atomic mass is 16.6. The molecule has 1 aromatic carbocycles. The highest BCUT2D eigenvalue weighted by Crippen LogP contribution is 2.33. The molecule has 23 heavy (non-hydrogen) atoms. The number of nitro groups is 1. The number of nitrogens with one attached hydrogen (secondary N) is 1. The number of hydrogen-bond acceptors (Lipinski definition) is 7. The normalized spacial score (nSPS) is 13.4. The predicted molar refractivity (Wildman–Crippen MR) is 86.9 cm³/mol. The van der Waals surface area contributed by atoms with E-state index in [0.29, 0.717) is 23.9 Å². The van der Waals surface area contributed by atoms with Crippen LogP contribution in [0.3, 0.4) is 0 Å². The second kappa shape index (κ2) is 6.30. The van der Waals surface area contributed by atoms with Gasteiger partial charge in [0, 0.05) is 0 Å². The SMILES string of the molecule is CCOc1ccc(N2CN=C([N+](=O)[O-])Nc3ccccc32)nc1. The molecule has 0 radical (unpaired) electrons. The van der Waals surface area contributed by atoms with Crippen molar-refractivity contribution in [1.29, 1.82) is 0 Å². The maximum absolute atomic E-state index is 11.0. The standard InChI is InChI=1S/C15H15N5O3/c1-2-23-11-7-8-14(16-9-11)19-10-17-15(20(21)22)18-12-5-3-4-6-13(12)19/h3-9H,2,10H2,1H3,(H,17,18). The minimum absolute atomic E-state index is 0.0985. The summed E-state index contributed by atoms with van der Waals surface area (Å²) >= 11 is 0. The van der Waals surface area contributed by atoms with Gasteiger partial charge in [-0.25, -0.2) is 10.3 Å². The van der Waals surface area contributed by atoms with Crippen LogP contribution in [0.15, 0.2) is 47.6 Å². The van der Waals surface area contributed by atoms with Crippen LogP contribution in [-0.2, 0) is 0 Å². The second-order valence-electron chi connectivity index (χ2n) is 4.74. The number of guanidine groups is 1. The number of ether oxygens (including phenoxy) is 1. The molecule has 0 bridgehead atoms. The van der Waals surface area contributed by atoms with E-state index in [4.69, 9.17) is 4.74 Å². The first-order chi connectivity index (χ1) is 11.2. The van der Waals surface area contributed by atoms with Gasteiger partial charge in [0.05, 0.1) is 18.5 Å². The highest BCUT2D eigenvalue weighted by molar-refractivity contribution is 5.94. The van der Waals surface area contributed by atoms with Crippen molar-refractivity contribution in [3.05, 3.63) is 52.7 Å². The van der Waals surface area contributed by atoms with Gasteiger partial charge in [0.25, 0.3) is 0 Å². The molecule has 0 fully saturated rings. The fourth-order valence-corrected chi connectivity index (χ4v) is 2.27. The van der Waals surface area contributed by atoms with Gasteiger partial charge in [-0.2, -0.15) is 0 Å². The first kappa shape index (κ1) is 14.8. The summed E-state index contributed by atoms with van der Waals surface area (Å²) in [5, 5.41) is 13.8. The molecule has 0 aliphatic carbocycles. The molecule has 1 aromatic heterocycles. The van der Waals surface area contributed by atoms with Gasteiger partial charge in [-0.15, -0.1) is 0 Å². The zero-order valence-electron chi connectivity index (χ0n) is 12.5. The molecule has 2 heterocycles. The smallest absolute Gasteiger partial charge is 0.429 e. The van der Waals surface area contributed by atoms with E-state index in [2.05, 4.69) is 15.3 Å². The van der Waals surface area contributed by atoms with Crippen LogP contribution in [0.1, 0.15) is 6.92 Å². The summed E-state index contributed by atoms with van der Waals surface area (Å²) < 4.78 is 5.38. The molecule has 8 nitrogen and oxygen atoms in total. The van der Waals surface area contributed by atoms with Gasteiger partial charge in [0.1, 0.15) is 17.3 Å². The number of anilines is 3. The lowest BCUT2D eigenvalue weighted by Gasteiger charge is -2.20. The monoisotopic (exact) mass is 313 g/mol. The van der Waals surface area contributed by atoms with Crippen molar-refractivity contribution in [1.82, 2.24) is 4.98 Å². The van der Waals surface area contributed by atoms with E-state index >= 15 is 0 Å². The van der Waals surface area contributed by atoms with E-state index in [0.717, 1.165) is 5.69 Å². The van der Waals surface area contributed by atoms with E-state index in [9.17, 15) is 10.1 Å². The van der Waals surface area contributed by atoms with Crippen LogP contribution < -0.4 is 15.0 Å². The van der Waals surface area contributed by atoms with Crippen molar-refractivity contribution in [2.75, 3.05) is 23.5 Å². The van der Waals surface area contributed by atoms with Crippen molar-refractivity contribution >= 4 is 23.2 Å². The Labute approximate surface area is 132 Å². The molecule has 1 N–H and O–H groups in total. The van der Waals surface area contributed by atoms with Crippen molar-refractivity contribution in [3.63, 3.8) is 0 Å². The molecule has 1 aliphatic rings. The summed E-state index contributed by atoms with van der Waals surface area (Å²) in [4.78, 5) is 20.7. The molecular weight excluding hydrogens is 298 g/mol. The lowest BCUT2D eigenvalue weighted by Crippen LogP contribution is -2.21. The van der Waals surface area contributed by atoms with Crippen LogP contribution >= 0.6 is 0 Å². The van der Waals surface area contributed by atoms with Crippen LogP contribution in [0.2, 0.25) is 0 Å². The number of pyridine rings is 1. The molecule has 3 rings (SSSR count). The van der Waals surface area contributed by atoms with Crippen LogP contribution in [0.5, 0.6) is 5.75 Å². The minimum Gasteiger partial charge on any atom is -0.492 e. The molecule has 1 aliphatic heterocycles. The minimum atomic E-state index is -0.536. The van der Waals surface area contributed by atoms with Gasteiger partial charge >= 0.3 is 5.96 Å². The maximum Gasteiger partial charge on any atom is 0.429 e. The Morgan fingerprint density at radius 1 is 1.35 bits per heavy atom. The molecule has 8 heteroatoms. The van der Waals surface area contributed by atoms with Crippen LogP contribution in [0.25, 0.3) is 0 Å². The van der Waals surface area contributed by atoms with E-state index < -0.39 is 4.92 Å². The quantitative estimate of drug-likeness (QED) is 0.691. The van der Waals surface area contributed by atoms with E-state index in [-0.39, 0.29) is 12.6 Å². The van der Waals surface area contributed by atoms with Gasteiger partial charge in [-0.1, -0.05) is 17.1 Å². The Hall–Kier alpha value is -3.16. The molecular formula is C15H15N5O3. The lowest BCUT2D eigenvalue weighted by atomic mass is 10.2. The van der Waals surface area contributed by atoms with E-state index in [1.54, 1.807) is 29.3 Å². The molecule has 0 atom stereocenters. The van der Waals surface area contributed by atoms with Gasteiger partial charge in [0.2, 0.25) is 0 Å². The van der Waals surface area contributed by atoms with Crippen molar-refractivity contribution in [3.8, 4) is 5.75 Å². The number of aliphatic imine (C=N–C) groups is 1. The highest BCUT2D eigenvalue weighted by Gasteiger charge is 2.24. The average molecular weight is 313 g/mol. The zero-order valence-corrected chi connectivity index (χ0v) is 12.5. The van der Waals surface area contributed by atoms with E-state index in [1.807, 2.05) is 25.1 Å². The summed E-state index contributed by atoms with van der Waals surface area (Å²) in [6, 6.07) is 10.9. The number of para-hydroxylation sites is 2. The van der Waals surface area contributed by atoms with Gasteiger partial charge in [-0.3, -0.25) is 4.90 Å². The number of rotatable bonds is 3. The van der Waals surface area contributed by atoms with Crippen LogP contribution in [0.4, 0.5) is 17.2 Å². The van der Waals surface area contributed by atoms with Crippen molar-refractivity contribution < 1.29 is 9.66 Å². The molecule has 0 spiro atoms. The Morgan fingerprint density at radius 2 is 2.17 bits per heavy atom. The van der Waals surface area contributed by atoms with Crippen LogP contribution in [-0.4, -0.2) is 29.1 Å². The molecule has 2 aromatic rings. The first-order valence-electron chi connectivity index (χ1n) is 7.10. The Balaban J connectivity index is 1.99. The summed E-state index contributed by atoms with van der Waals surface area (Å²) in [7, 11) is 0. The molecule has 118 valence electrons. The van der Waals surface area contributed by atoms with Gasteiger partial charge in [-0.05, 0) is 36.1 Å². The van der Waals surface area contributed by atoms with Crippen molar-refractivity contribution in [2.45, 2.75) is 6.92 Å². The zero-order chi connectivity index (χ0) is 16.2. The topological polar surface area (TPSA) is 92.9 Å². The molecule has 0 saturated heterocycles. The second-order valence-corrected chi connectivity index (χ2v) is 4.74. The Bertz CT molecular complexity index is 745. The third kappa shape index (κ3) is 3.05. The summed E-state index contributed by atoms with van der Waals surface area (Å²) in [5.74, 6) is 1.02. The van der Waals surface area contributed by atoms with E-state index in [1.165, 1.54) is 0 Å². The third-order valence-electron chi connectivity index (χ3n) is 3.28. The number of fused-ring (bicyclic) bond motifs is 1. The summed E-state index contributed by atoms with van der Waals surface area (Å²) in [6.07, 6.45) is 1.62. The lowest BCUT2D eigenvalue weighted by molar-refractivity contribution is -0.350. The van der Waals surface area contributed by atoms with Gasteiger partial charge in [0.15, 0.2) is 6.67 Å². The summed E-state index contributed by atoms with van der Waals surface area (Å²) in [5.41, 5.74) is 1.38. The average Bonchev–Trinajstić information content (AvgIpc) is 2.76. The maximum atomic E-state index is 11.0. The third-order valence-corrected chi connectivity index (χ3v) is 3.28.